The van der Waals surface area contributed by atoms with Gasteiger partial charge in [0.05, 0.1) is 0 Å². The summed E-state index contributed by atoms with van der Waals surface area (Å²) in [5.74, 6) is 0. The lowest BCUT2D eigenvalue weighted by Crippen LogP contribution is -2.61. The van der Waals surface area contributed by atoms with Crippen molar-refractivity contribution in [3.63, 3.8) is 0 Å². The molecule has 0 radical (unpaired) electrons. The van der Waals surface area contributed by atoms with Crippen molar-refractivity contribution < 1.29 is 0 Å². The SMILES string of the molecule is CCCC(CC)N1CC(C(C)(C)C)NCC1C. The van der Waals surface area contributed by atoms with Crippen molar-refractivity contribution in [2.45, 2.75) is 78.9 Å². The van der Waals surface area contributed by atoms with Gasteiger partial charge in [0.25, 0.3) is 0 Å². The quantitative estimate of drug-likeness (QED) is 0.811. The van der Waals surface area contributed by atoms with Crippen LogP contribution in [0.1, 0.15) is 60.8 Å². The lowest BCUT2D eigenvalue weighted by molar-refractivity contribution is 0.0517. The molecule has 1 heterocycles. The van der Waals surface area contributed by atoms with E-state index in [-0.39, 0.29) is 0 Å². The Morgan fingerprint density at radius 3 is 2.41 bits per heavy atom. The van der Waals surface area contributed by atoms with Crippen LogP contribution in [0.5, 0.6) is 0 Å². The summed E-state index contributed by atoms with van der Waals surface area (Å²) in [6, 6.07) is 2.09. The highest BCUT2D eigenvalue weighted by atomic mass is 15.3. The Labute approximate surface area is 108 Å². The lowest BCUT2D eigenvalue weighted by atomic mass is 9.84. The second kappa shape index (κ2) is 6.19. The summed E-state index contributed by atoms with van der Waals surface area (Å²) in [5, 5.41) is 3.72. The zero-order chi connectivity index (χ0) is 13.1. The smallest absolute Gasteiger partial charge is 0.0244 e. The van der Waals surface area contributed by atoms with Crippen LogP contribution in [0.25, 0.3) is 0 Å². The third-order valence-electron chi connectivity index (χ3n) is 4.23. The molecule has 0 amide bonds. The van der Waals surface area contributed by atoms with Crippen molar-refractivity contribution in [2.75, 3.05) is 13.1 Å². The molecule has 3 atom stereocenters. The van der Waals surface area contributed by atoms with E-state index in [1.165, 1.54) is 25.8 Å². The molecule has 1 aliphatic heterocycles. The number of hydrogen-bond acceptors (Lipinski definition) is 2. The van der Waals surface area contributed by atoms with Crippen LogP contribution in [0.15, 0.2) is 0 Å². The zero-order valence-corrected chi connectivity index (χ0v) is 12.7. The average Bonchev–Trinajstić information content (AvgIpc) is 2.25. The van der Waals surface area contributed by atoms with E-state index in [0.29, 0.717) is 17.5 Å². The van der Waals surface area contributed by atoms with Gasteiger partial charge in [0.15, 0.2) is 0 Å². The third kappa shape index (κ3) is 3.96. The van der Waals surface area contributed by atoms with E-state index in [1.54, 1.807) is 0 Å². The highest BCUT2D eigenvalue weighted by Crippen LogP contribution is 2.26. The molecule has 1 rings (SSSR count). The number of nitrogens with zero attached hydrogens (tertiary/aromatic N) is 1. The molecule has 0 aromatic heterocycles. The molecule has 17 heavy (non-hydrogen) atoms. The monoisotopic (exact) mass is 240 g/mol. The molecule has 0 aliphatic carbocycles. The van der Waals surface area contributed by atoms with Crippen LogP contribution in [0.2, 0.25) is 0 Å². The van der Waals surface area contributed by atoms with Crippen molar-refractivity contribution >= 4 is 0 Å². The van der Waals surface area contributed by atoms with Crippen LogP contribution in [0, 0.1) is 5.41 Å². The van der Waals surface area contributed by atoms with Gasteiger partial charge in [0, 0.05) is 31.2 Å². The molecule has 1 N–H and O–H groups in total. The minimum absolute atomic E-state index is 0.364. The van der Waals surface area contributed by atoms with Crippen molar-refractivity contribution in [2.24, 2.45) is 5.41 Å². The number of hydrogen-bond donors (Lipinski definition) is 1. The molecule has 1 saturated heterocycles. The molecule has 1 aliphatic rings. The molecule has 0 bridgehead atoms. The van der Waals surface area contributed by atoms with Crippen molar-refractivity contribution in [3.8, 4) is 0 Å². The fourth-order valence-corrected chi connectivity index (χ4v) is 2.91. The number of rotatable bonds is 4. The van der Waals surface area contributed by atoms with Gasteiger partial charge in [-0.1, -0.05) is 41.0 Å². The van der Waals surface area contributed by atoms with E-state index < -0.39 is 0 Å². The predicted octanol–water partition coefficient (Wildman–Crippen LogP) is 3.27. The van der Waals surface area contributed by atoms with Crippen molar-refractivity contribution in [3.05, 3.63) is 0 Å². The van der Waals surface area contributed by atoms with Crippen LogP contribution >= 0.6 is 0 Å². The van der Waals surface area contributed by atoms with Crippen LogP contribution in [0.3, 0.4) is 0 Å². The predicted molar refractivity (Wildman–Crippen MR) is 76.4 cm³/mol. The first-order valence-corrected chi connectivity index (χ1v) is 7.39. The molecular weight excluding hydrogens is 208 g/mol. The van der Waals surface area contributed by atoms with Crippen LogP contribution in [-0.2, 0) is 0 Å². The first kappa shape index (κ1) is 15.0. The van der Waals surface area contributed by atoms with Crippen molar-refractivity contribution in [1.29, 1.82) is 0 Å². The Hall–Kier alpha value is -0.0800. The Balaban J connectivity index is 2.68. The summed E-state index contributed by atoms with van der Waals surface area (Å²) in [6.45, 7) is 16.4. The van der Waals surface area contributed by atoms with Gasteiger partial charge in [-0.05, 0) is 25.2 Å². The summed E-state index contributed by atoms with van der Waals surface area (Å²) in [7, 11) is 0. The van der Waals surface area contributed by atoms with E-state index in [4.69, 9.17) is 0 Å². The maximum atomic E-state index is 3.72. The summed E-state index contributed by atoms with van der Waals surface area (Å²) in [4.78, 5) is 2.75. The molecule has 2 nitrogen and oxygen atoms in total. The second-order valence-corrected chi connectivity index (χ2v) is 6.72. The summed E-state index contributed by atoms with van der Waals surface area (Å²) in [6.07, 6.45) is 3.93. The van der Waals surface area contributed by atoms with Crippen LogP contribution in [-0.4, -0.2) is 36.1 Å². The third-order valence-corrected chi connectivity index (χ3v) is 4.23. The minimum atomic E-state index is 0.364. The maximum absolute atomic E-state index is 3.72. The van der Waals surface area contributed by atoms with Gasteiger partial charge in [0.2, 0.25) is 0 Å². The van der Waals surface area contributed by atoms with Gasteiger partial charge >= 0.3 is 0 Å². The molecular formula is C15H32N2. The molecule has 0 saturated carbocycles. The largest absolute Gasteiger partial charge is 0.311 e. The van der Waals surface area contributed by atoms with Crippen molar-refractivity contribution in [1.82, 2.24) is 10.2 Å². The average molecular weight is 240 g/mol. The van der Waals surface area contributed by atoms with Crippen LogP contribution in [0.4, 0.5) is 0 Å². The number of nitrogens with one attached hydrogen (secondary N) is 1. The molecule has 0 aromatic rings. The standard InChI is InChI=1S/C15H32N2/c1-7-9-13(8-2)17-11-14(15(4,5)6)16-10-12(17)3/h12-14,16H,7-11H2,1-6H3. The molecule has 102 valence electrons. The first-order chi connectivity index (χ1) is 7.90. The van der Waals surface area contributed by atoms with Gasteiger partial charge in [0.1, 0.15) is 0 Å². The second-order valence-electron chi connectivity index (χ2n) is 6.72. The fourth-order valence-electron chi connectivity index (χ4n) is 2.91. The van der Waals surface area contributed by atoms with Gasteiger partial charge in [-0.25, -0.2) is 0 Å². The number of piperazine rings is 1. The van der Waals surface area contributed by atoms with Crippen LogP contribution < -0.4 is 5.32 Å². The van der Waals surface area contributed by atoms with Gasteiger partial charge in [-0.2, -0.15) is 0 Å². The Morgan fingerprint density at radius 1 is 1.29 bits per heavy atom. The Bertz CT molecular complexity index is 219. The van der Waals surface area contributed by atoms with Gasteiger partial charge < -0.3 is 5.32 Å². The first-order valence-electron chi connectivity index (χ1n) is 7.39. The highest BCUT2D eigenvalue weighted by molar-refractivity contribution is 4.92. The molecule has 0 spiro atoms. The topological polar surface area (TPSA) is 15.3 Å². The fraction of sp³-hybridized carbons (Fsp3) is 1.00. The van der Waals surface area contributed by atoms with E-state index in [0.717, 1.165) is 12.6 Å². The summed E-state index contributed by atoms with van der Waals surface area (Å²) >= 11 is 0. The Kier molecular flexibility index (Phi) is 5.46. The van der Waals surface area contributed by atoms with E-state index in [2.05, 4.69) is 51.8 Å². The molecule has 0 aromatic carbocycles. The normalized spacial score (nSPS) is 29.3. The van der Waals surface area contributed by atoms with E-state index in [9.17, 15) is 0 Å². The zero-order valence-electron chi connectivity index (χ0n) is 12.7. The lowest BCUT2D eigenvalue weighted by Gasteiger charge is -2.47. The van der Waals surface area contributed by atoms with E-state index in [1.807, 2.05) is 0 Å². The highest BCUT2D eigenvalue weighted by Gasteiger charge is 2.34. The van der Waals surface area contributed by atoms with Gasteiger partial charge in [-0.3, -0.25) is 4.90 Å². The summed E-state index contributed by atoms with van der Waals surface area (Å²) < 4.78 is 0. The molecule has 3 unspecified atom stereocenters. The summed E-state index contributed by atoms with van der Waals surface area (Å²) in [5.41, 5.74) is 0.364. The maximum Gasteiger partial charge on any atom is 0.0244 e. The molecule has 1 fully saturated rings. The minimum Gasteiger partial charge on any atom is -0.311 e. The van der Waals surface area contributed by atoms with Gasteiger partial charge in [-0.15, -0.1) is 0 Å². The van der Waals surface area contributed by atoms with E-state index >= 15 is 0 Å². The Morgan fingerprint density at radius 2 is 1.94 bits per heavy atom. The molecule has 2 heteroatoms.